The van der Waals surface area contributed by atoms with Crippen LogP contribution in [0.4, 0.5) is 0 Å². The summed E-state index contributed by atoms with van der Waals surface area (Å²) < 4.78 is 35.9. The Balaban J connectivity index is 1.58. The molecule has 0 spiro atoms. The highest BCUT2D eigenvalue weighted by Gasteiger charge is 2.29. The van der Waals surface area contributed by atoms with Crippen molar-refractivity contribution in [2.75, 3.05) is 0 Å². The molecule has 36 heavy (non-hydrogen) atoms. The van der Waals surface area contributed by atoms with Crippen LogP contribution < -0.4 is 0 Å². The molecule has 1 N–H and O–H groups in total. The lowest BCUT2D eigenvalue weighted by molar-refractivity contribution is 0.248. The number of rotatable bonds is 5. The molecule has 9 nitrogen and oxygen atoms in total. The first-order chi connectivity index (χ1) is 17.5. The van der Waals surface area contributed by atoms with Gasteiger partial charge >= 0.3 is 0 Å². The Labute approximate surface area is 207 Å². The predicted molar refractivity (Wildman–Crippen MR) is 132 cm³/mol. The summed E-state index contributed by atoms with van der Waals surface area (Å²) in [6, 6.07) is 15.9. The summed E-state index contributed by atoms with van der Waals surface area (Å²) in [5.74, 6) is 1.57. The Bertz CT molecular complexity index is 1720. The van der Waals surface area contributed by atoms with Gasteiger partial charge in [-0.25, -0.2) is 22.4 Å². The molecule has 0 saturated heterocycles. The van der Waals surface area contributed by atoms with Crippen LogP contribution in [0.2, 0.25) is 0 Å². The summed E-state index contributed by atoms with van der Waals surface area (Å²) in [5, 5.41) is 19.6. The summed E-state index contributed by atoms with van der Waals surface area (Å²) in [6.45, 7) is -0.223. The van der Waals surface area contributed by atoms with Gasteiger partial charge in [-0.05, 0) is 56.0 Å². The second-order valence-electron chi connectivity index (χ2n) is 9.02. The molecule has 0 aliphatic heterocycles. The van der Waals surface area contributed by atoms with E-state index in [0.717, 1.165) is 31.2 Å². The van der Waals surface area contributed by atoms with Crippen molar-refractivity contribution < 1.29 is 17.9 Å². The Morgan fingerprint density at radius 2 is 1.86 bits per heavy atom. The Morgan fingerprint density at radius 3 is 2.56 bits per heavy atom. The Hall–Kier alpha value is -3.94. The predicted octanol–water partition coefficient (Wildman–Crippen LogP) is 4.63. The van der Waals surface area contributed by atoms with Crippen molar-refractivity contribution >= 4 is 32.1 Å². The van der Waals surface area contributed by atoms with Gasteiger partial charge in [0.15, 0.2) is 17.2 Å². The number of nitrogens with zero attached hydrogens (tertiary/aromatic N) is 5. The summed E-state index contributed by atoms with van der Waals surface area (Å²) in [4.78, 5) is 9.50. The Morgan fingerprint density at radius 1 is 1.08 bits per heavy atom. The second-order valence-corrected chi connectivity index (χ2v) is 10.8. The molecule has 1 fully saturated rings. The lowest BCUT2D eigenvalue weighted by Gasteiger charge is -2.27. The number of aromatic nitrogens is 4. The minimum atomic E-state index is -3.84. The maximum absolute atomic E-state index is 13.4. The van der Waals surface area contributed by atoms with Gasteiger partial charge in [0.1, 0.15) is 17.9 Å². The van der Waals surface area contributed by atoms with Crippen molar-refractivity contribution in [1.82, 2.24) is 18.5 Å². The van der Waals surface area contributed by atoms with Crippen molar-refractivity contribution in [3.05, 3.63) is 66.7 Å². The number of aliphatic hydroxyl groups is 1. The zero-order valence-electron chi connectivity index (χ0n) is 19.3. The number of fused-ring (bicyclic) bond motifs is 3. The molecule has 5 aromatic rings. The number of nitriles is 1. The number of furan rings is 1. The number of imidazole rings is 1. The van der Waals surface area contributed by atoms with E-state index in [2.05, 4.69) is 15.6 Å². The molecule has 10 heteroatoms. The van der Waals surface area contributed by atoms with Crippen LogP contribution in [0.3, 0.4) is 0 Å². The molecule has 1 saturated carbocycles. The van der Waals surface area contributed by atoms with Gasteiger partial charge in [-0.15, -0.1) is 0 Å². The minimum absolute atomic E-state index is 0.0304. The molecule has 1 aliphatic carbocycles. The molecule has 4 aromatic heterocycles. The van der Waals surface area contributed by atoms with Gasteiger partial charge in [0.05, 0.1) is 22.7 Å². The van der Waals surface area contributed by atoms with Gasteiger partial charge in [0.2, 0.25) is 0 Å². The van der Waals surface area contributed by atoms with Crippen LogP contribution in [0.15, 0.2) is 70.2 Å². The first-order valence-corrected chi connectivity index (χ1v) is 13.2. The molecule has 0 bridgehead atoms. The van der Waals surface area contributed by atoms with Crippen LogP contribution in [-0.4, -0.2) is 32.0 Å². The van der Waals surface area contributed by atoms with Crippen molar-refractivity contribution in [2.24, 2.45) is 5.92 Å². The van der Waals surface area contributed by atoms with Gasteiger partial charge in [-0.1, -0.05) is 18.2 Å². The maximum atomic E-state index is 13.4. The lowest BCUT2D eigenvalue weighted by atomic mass is 9.86. The highest BCUT2D eigenvalue weighted by atomic mass is 32.2. The average Bonchev–Trinajstić information content (AvgIpc) is 3.65. The minimum Gasteiger partial charge on any atom is -0.455 e. The molecular weight excluding hydrogens is 478 g/mol. The van der Waals surface area contributed by atoms with E-state index in [0.29, 0.717) is 33.9 Å². The third kappa shape index (κ3) is 3.51. The second kappa shape index (κ2) is 8.62. The number of hydrogen-bond acceptors (Lipinski definition) is 7. The van der Waals surface area contributed by atoms with Gasteiger partial charge < -0.3 is 14.1 Å². The normalized spacial score (nSPS) is 18.6. The average molecular weight is 502 g/mol. The molecular formula is C26H23N5O4S. The maximum Gasteiger partial charge on any atom is 0.269 e. The molecule has 0 radical (unpaired) electrons. The first kappa shape index (κ1) is 22.5. The van der Waals surface area contributed by atoms with E-state index < -0.39 is 10.0 Å². The van der Waals surface area contributed by atoms with Gasteiger partial charge in [-0.3, -0.25) is 0 Å². The summed E-state index contributed by atoms with van der Waals surface area (Å²) in [6.07, 6.45) is 6.25. The molecule has 6 rings (SSSR count). The fourth-order valence-electron chi connectivity index (χ4n) is 5.12. The highest BCUT2D eigenvalue weighted by molar-refractivity contribution is 7.90. The molecule has 1 aromatic carbocycles. The topological polar surface area (TPSA) is 127 Å². The summed E-state index contributed by atoms with van der Waals surface area (Å²) >= 11 is 0. The standard InChI is InChI=1S/C26H23N5O4S/c27-14-17-6-8-18(9-7-17)31-24-21-12-13-30(36(33,34)20-4-2-1-3-5-20)25(21)28-15-22(24)29-26(31)23-11-10-19(16-32)35-23/h1-5,10-13,15,17-18,32H,6-9,16H2. The van der Waals surface area contributed by atoms with Gasteiger partial charge in [0.25, 0.3) is 10.0 Å². The van der Waals surface area contributed by atoms with Crippen molar-refractivity contribution in [3.63, 3.8) is 0 Å². The van der Waals surface area contributed by atoms with E-state index in [4.69, 9.17) is 9.40 Å². The van der Waals surface area contributed by atoms with Crippen molar-refractivity contribution in [1.29, 1.82) is 5.26 Å². The monoisotopic (exact) mass is 501 g/mol. The van der Waals surface area contributed by atoms with Crippen LogP contribution >= 0.6 is 0 Å². The fraction of sp³-hybridized carbons (Fsp3) is 0.269. The van der Waals surface area contributed by atoms with E-state index in [1.807, 2.05) is 0 Å². The van der Waals surface area contributed by atoms with Gasteiger partial charge in [-0.2, -0.15) is 5.26 Å². The molecule has 0 amide bonds. The largest absolute Gasteiger partial charge is 0.455 e. The number of aliphatic hydroxyl groups excluding tert-OH is 1. The third-order valence-corrected chi connectivity index (χ3v) is 8.59. The molecule has 182 valence electrons. The van der Waals surface area contributed by atoms with E-state index in [1.165, 1.54) is 10.2 Å². The van der Waals surface area contributed by atoms with E-state index in [1.54, 1.807) is 54.7 Å². The molecule has 4 heterocycles. The number of benzene rings is 1. The van der Waals surface area contributed by atoms with E-state index in [-0.39, 0.29) is 23.5 Å². The lowest BCUT2D eigenvalue weighted by Crippen LogP contribution is -2.18. The van der Waals surface area contributed by atoms with E-state index in [9.17, 15) is 18.8 Å². The molecule has 0 unspecified atom stereocenters. The number of hydrogen-bond donors (Lipinski definition) is 1. The van der Waals surface area contributed by atoms with Crippen LogP contribution in [0, 0.1) is 17.2 Å². The zero-order chi connectivity index (χ0) is 24.9. The highest BCUT2D eigenvalue weighted by Crippen LogP contribution is 2.40. The van der Waals surface area contributed by atoms with Crippen LogP contribution in [0.5, 0.6) is 0 Å². The van der Waals surface area contributed by atoms with E-state index >= 15 is 0 Å². The SMILES string of the molecule is N#CC1CCC(n2c(-c3ccc(CO)o3)nc3cnc4c(ccn4S(=O)(=O)c4ccccc4)c32)CC1. The van der Waals surface area contributed by atoms with Crippen LogP contribution in [0.1, 0.15) is 37.5 Å². The Kier molecular flexibility index (Phi) is 5.39. The molecule has 1 aliphatic rings. The zero-order valence-corrected chi connectivity index (χ0v) is 20.1. The summed E-state index contributed by atoms with van der Waals surface area (Å²) in [7, 11) is -3.84. The van der Waals surface area contributed by atoms with Crippen LogP contribution in [0.25, 0.3) is 33.7 Å². The molecule has 0 atom stereocenters. The fourth-order valence-corrected chi connectivity index (χ4v) is 6.45. The third-order valence-electron chi connectivity index (χ3n) is 6.91. The van der Waals surface area contributed by atoms with Gasteiger partial charge in [0, 0.05) is 23.5 Å². The van der Waals surface area contributed by atoms with Crippen molar-refractivity contribution in [2.45, 2.75) is 43.2 Å². The summed E-state index contributed by atoms with van der Waals surface area (Å²) in [5.41, 5.74) is 1.72. The number of pyridine rings is 1. The first-order valence-electron chi connectivity index (χ1n) is 11.8. The smallest absolute Gasteiger partial charge is 0.269 e. The van der Waals surface area contributed by atoms with Crippen molar-refractivity contribution in [3.8, 4) is 17.7 Å². The quantitative estimate of drug-likeness (QED) is 0.372. The van der Waals surface area contributed by atoms with Crippen LogP contribution in [-0.2, 0) is 16.6 Å².